The van der Waals surface area contributed by atoms with Crippen LogP contribution in [0.5, 0.6) is 0 Å². The Kier molecular flexibility index (Phi) is 5.04. The third kappa shape index (κ3) is 4.15. The number of nitrogens with zero attached hydrogens (tertiary/aromatic N) is 2. The van der Waals surface area contributed by atoms with Gasteiger partial charge in [0.15, 0.2) is 0 Å². The van der Waals surface area contributed by atoms with Crippen molar-refractivity contribution in [3.63, 3.8) is 0 Å². The van der Waals surface area contributed by atoms with Gasteiger partial charge in [0.1, 0.15) is 17.7 Å². The zero-order valence-corrected chi connectivity index (χ0v) is 15.0. The molecule has 5 nitrogen and oxygen atoms in total. The highest BCUT2D eigenvalue weighted by Crippen LogP contribution is 2.42. The summed E-state index contributed by atoms with van der Waals surface area (Å²) in [5.74, 6) is 0.315. The van der Waals surface area contributed by atoms with Gasteiger partial charge in [-0.1, -0.05) is 72.0 Å². The van der Waals surface area contributed by atoms with Gasteiger partial charge in [0, 0.05) is 5.92 Å². The number of rotatable bonds is 7. The minimum absolute atomic E-state index is 0.0488. The molecule has 0 aliphatic heterocycles. The van der Waals surface area contributed by atoms with E-state index in [2.05, 4.69) is 15.5 Å². The lowest BCUT2D eigenvalue weighted by atomic mass is 10.0. The average molecular weight is 365 g/mol. The van der Waals surface area contributed by atoms with Crippen LogP contribution in [-0.4, -0.2) is 22.7 Å². The molecule has 1 fully saturated rings. The van der Waals surface area contributed by atoms with E-state index in [1.807, 2.05) is 60.7 Å². The lowest BCUT2D eigenvalue weighted by molar-refractivity contribution is -0.121. The molecule has 6 heteroatoms. The van der Waals surface area contributed by atoms with E-state index >= 15 is 0 Å². The number of anilines is 1. The molecule has 0 saturated heterocycles. The molecule has 3 aromatic rings. The zero-order valence-electron chi connectivity index (χ0n) is 14.2. The number of carbonyl (C=O) groups is 1. The number of hydrogen-bond donors (Lipinski definition) is 1. The predicted molar refractivity (Wildman–Crippen MR) is 101 cm³/mol. The van der Waals surface area contributed by atoms with Crippen molar-refractivity contribution in [1.82, 2.24) is 10.2 Å². The van der Waals surface area contributed by atoms with E-state index in [4.69, 9.17) is 4.74 Å². The molecule has 132 valence electrons. The van der Waals surface area contributed by atoms with Crippen molar-refractivity contribution in [3.8, 4) is 0 Å². The molecule has 4 rings (SSSR count). The van der Waals surface area contributed by atoms with E-state index in [9.17, 15) is 4.79 Å². The minimum Gasteiger partial charge on any atom is -0.359 e. The zero-order chi connectivity index (χ0) is 17.8. The molecule has 1 aliphatic rings. The maximum atomic E-state index is 12.3. The van der Waals surface area contributed by atoms with Crippen molar-refractivity contribution >= 4 is 22.4 Å². The molecule has 0 spiro atoms. The van der Waals surface area contributed by atoms with Crippen molar-refractivity contribution < 1.29 is 9.53 Å². The van der Waals surface area contributed by atoms with Gasteiger partial charge < -0.3 is 4.74 Å². The highest BCUT2D eigenvalue weighted by molar-refractivity contribution is 7.15. The molecule has 1 saturated carbocycles. The summed E-state index contributed by atoms with van der Waals surface area (Å²) in [5, 5.41) is 12.5. The van der Waals surface area contributed by atoms with E-state index in [1.54, 1.807) is 0 Å². The van der Waals surface area contributed by atoms with E-state index in [0.29, 0.717) is 11.0 Å². The second kappa shape index (κ2) is 7.76. The van der Waals surface area contributed by atoms with Crippen LogP contribution in [0.4, 0.5) is 5.13 Å². The third-order valence-electron chi connectivity index (χ3n) is 4.20. The summed E-state index contributed by atoms with van der Waals surface area (Å²) in [5.41, 5.74) is 2.02. The number of aromatic nitrogens is 2. The number of nitrogens with one attached hydrogen (secondary N) is 1. The summed E-state index contributed by atoms with van der Waals surface area (Å²) in [6.07, 6.45) is 2.04. The van der Waals surface area contributed by atoms with Crippen LogP contribution in [0, 0.1) is 0 Å². The van der Waals surface area contributed by atoms with Gasteiger partial charge in [-0.15, -0.1) is 10.2 Å². The molecular weight excluding hydrogens is 346 g/mol. The molecule has 1 N–H and O–H groups in total. The Morgan fingerprint density at radius 3 is 2.23 bits per heavy atom. The predicted octanol–water partition coefficient (Wildman–Crippen LogP) is 4.16. The molecule has 2 aromatic carbocycles. The van der Waals surface area contributed by atoms with E-state index < -0.39 is 0 Å². The van der Waals surface area contributed by atoms with Gasteiger partial charge in [0.05, 0.1) is 0 Å². The molecule has 0 bridgehead atoms. The van der Waals surface area contributed by atoms with E-state index in [1.165, 1.54) is 24.2 Å². The smallest absolute Gasteiger partial charge is 0.252 e. The molecule has 0 unspecified atom stereocenters. The lowest BCUT2D eigenvalue weighted by Gasteiger charge is -2.18. The van der Waals surface area contributed by atoms with Crippen LogP contribution in [0.3, 0.4) is 0 Å². The first kappa shape index (κ1) is 16.9. The molecule has 1 aliphatic carbocycles. The quantitative estimate of drug-likeness (QED) is 0.683. The maximum Gasteiger partial charge on any atom is 0.252 e. The first-order valence-corrected chi connectivity index (χ1v) is 9.46. The second-order valence-corrected chi connectivity index (χ2v) is 7.29. The molecule has 0 radical (unpaired) electrons. The number of carbonyl (C=O) groups excluding carboxylic acids is 1. The summed E-state index contributed by atoms with van der Waals surface area (Å²) < 4.78 is 5.96. The van der Waals surface area contributed by atoms with Gasteiger partial charge in [-0.2, -0.15) is 0 Å². The van der Waals surface area contributed by atoms with Crippen LogP contribution in [0.2, 0.25) is 0 Å². The lowest BCUT2D eigenvalue weighted by Crippen LogP contribution is -2.20. The monoisotopic (exact) mass is 365 g/mol. The van der Waals surface area contributed by atoms with Crippen LogP contribution in [0.1, 0.15) is 41.0 Å². The number of hydrogen-bond acceptors (Lipinski definition) is 5. The number of amides is 1. The Bertz CT molecular complexity index is 824. The van der Waals surface area contributed by atoms with Gasteiger partial charge in [0.2, 0.25) is 5.13 Å². The summed E-state index contributed by atoms with van der Waals surface area (Å²) >= 11 is 1.45. The van der Waals surface area contributed by atoms with Gasteiger partial charge in [-0.25, -0.2) is 0 Å². The third-order valence-corrected chi connectivity index (χ3v) is 5.20. The molecule has 1 amide bonds. The summed E-state index contributed by atoms with van der Waals surface area (Å²) in [6, 6.07) is 19.8. The van der Waals surface area contributed by atoms with Crippen molar-refractivity contribution in [2.24, 2.45) is 0 Å². The normalized spacial score (nSPS) is 13.7. The number of ether oxygens (including phenoxy) is 1. The SMILES string of the molecule is O=C(COC(c1ccccc1)c1ccccc1)Nc1nnc(C2CC2)s1. The average Bonchev–Trinajstić information content (AvgIpc) is 3.43. The van der Waals surface area contributed by atoms with Crippen LogP contribution in [0.15, 0.2) is 60.7 Å². The second-order valence-electron chi connectivity index (χ2n) is 6.28. The Morgan fingerprint density at radius 1 is 1.04 bits per heavy atom. The van der Waals surface area contributed by atoms with Crippen molar-refractivity contribution in [2.75, 3.05) is 11.9 Å². The van der Waals surface area contributed by atoms with Crippen LogP contribution in [-0.2, 0) is 9.53 Å². The topological polar surface area (TPSA) is 64.1 Å². The fourth-order valence-corrected chi connectivity index (χ4v) is 3.66. The minimum atomic E-state index is -0.292. The van der Waals surface area contributed by atoms with Gasteiger partial charge in [0.25, 0.3) is 5.91 Å². The van der Waals surface area contributed by atoms with Crippen LogP contribution >= 0.6 is 11.3 Å². The van der Waals surface area contributed by atoms with Gasteiger partial charge >= 0.3 is 0 Å². The summed E-state index contributed by atoms with van der Waals surface area (Å²) in [4.78, 5) is 12.3. The Labute approximate surface area is 156 Å². The molecule has 26 heavy (non-hydrogen) atoms. The van der Waals surface area contributed by atoms with Gasteiger partial charge in [-0.3, -0.25) is 10.1 Å². The summed E-state index contributed by atoms with van der Waals surface area (Å²) in [6.45, 7) is -0.0488. The highest BCUT2D eigenvalue weighted by atomic mass is 32.1. The van der Waals surface area contributed by atoms with E-state index in [0.717, 1.165) is 16.1 Å². The molecule has 1 heterocycles. The Balaban J connectivity index is 1.41. The number of benzene rings is 2. The summed E-state index contributed by atoms with van der Waals surface area (Å²) in [7, 11) is 0. The van der Waals surface area contributed by atoms with Crippen molar-refractivity contribution in [2.45, 2.75) is 24.9 Å². The fourth-order valence-electron chi connectivity index (χ4n) is 2.74. The van der Waals surface area contributed by atoms with Gasteiger partial charge in [-0.05, 0) is 24.0 Å². The Morgan fingerprint density at radius 2 is 1.65 bits per heavy atom. The first-order valence-electron chi connectivity index (χ1n) is 8.64. The first-order chi connectivity index (χ1) is 12.8. The molecule has 0 atom stereocenters. The molecule has 1 aromatic heterocycles. The van der Waals surface area contributed by atoms with Crippen LogP contribution in [0.25, 0.3) is 0 Å². The Hall–Kier alpha value is -2.57. The fraction of sp³-hybridized carbons (Fsp3) is 0.250. The van der Waals surface area contributed by atoms with E-state index in [-0.39, 0.29) is 18.6 Å². The van der Waals surface area contributed by atoms with Crippen molar-refractivity contribution in [1.29, 1.82) is 0 Å². The molecular formula is C20H19N3O2S. The maximum absolute atomic E-state index is 12.3. The largest absolute Gasteiger partial charge is 0.359 e. The van der Waals surface area contributed by atoms with Crippen LogP contribution < -0.4 is 5.32 Å². The van der Waals surface area contributed by atoms with Crippen molar-refractivity contribution in [3.05, 3.63) is 76.8 Å². The standard InChI is InChI=1S/C20H19N3O2S/c24-17(21-20-23-22-19(26-20)16-11-12-16)13-25-18(14-7-3-1-4-8-14)15-9-5-2-6-10-15/h1-10,16,18H,11-13H2,(H,21,23,24). The highest BCUT2D eigenvalue weighted by Gasteiger charge is 2.27.